The van der Waals surface area contributed by atoms with Gasteiger partial charge in [-0.25, -0.2) is 0 Å². The molecule has 0 bridgehead atoms. The highest BCUT2D eigenvalue weighted by Gasteiger charge is 2.20. The van der Waals surface area contributed by atoms with Crippen molar-refractivity contribution in [1.82, 2.24) is 4.90 Å². The second-order valence-corrected chi connectivity index (χ2v) is 5.23. The number of hydrogen-bond acceptors (Lipinski definition) is 3. The molecular formula is C16H22N2O. The van der Waals surface area contributed by atoms with Gasteiger partial charge in [0.2, 0.25) is 0 Å². The minimum Gasteiger partial charge on any atom is -0.496 e. The van der Waals surface area contributed by atoms with E-state index in [1.807, 2.05) is 12.1 Å². The first-order chi connectivity index (χ1) is 9.33. The number of likely N-dealkylation sites (tertiary alicyclic amines) is 1. The summed E-state index contributed by atoms with van der Waals surface area (Å²) in [5.74, 6) is 1.68. The Bertz CT molecular complexity index is 439. The van der Waals surface area contributed by atoms with Crippen molar-refractivity contribution in [2.45, 2.75) is 25.7 Å². The van der Waals surface area contributed by atoms with Gasteiger partial charge in [0.1, 0.15) is 5.75 Å². The summed E-state index contributed by atoms with van der Waals surface area (Å²) in [7, 11) is 1.74. The van der Waals surface area contributed by atoms with E-state index < -0.39 is 0 Å². The Morgan fingerprint density at radius 1 is 1.42 bits per heavy atom. The Labute approximate surface area is 115 Å². The van der Waals surface area contributed by atoms with Crippen LogP contribution in [0, 0.1) is 17.2 Å². The van der Waals surface area contributed by atoms with E-state index >= 15 is 0 Å². The summed E-state index contributed by atoms with van der Waals surface area (Å²) in [4.78, 5) is 2.42. The monoisotopic (exact) mass is 258 g/mol. The first-order valence-electron chi connectivity index (χ1n) is 7.04. The molecule has 1 aliphatic rings. The highest BCUT2D eigenvalue weighted by Crippen LogP contribution is 2.25. The van der Waals surface area contributed by atoms with Gasteiger partial charge in [0.25, 0.3) is 0 Å². The van der Waals surface area contributed by atoms with Gasteiger partial charge in [0, 0.05) is 19.5 Å². The third-order valence-corrected chi connectivity index (χ3v) is 3.84. The second kappa shape index (κ2) is 7.16. The van der Waals surface area contributed by atoms with Crippen LogP contribution >= 0.6 is 0 Å². The quantitative estimate of drug-likeness (QED) is 0.815. The molecule has 0 amide bonds. The number of ether oxygens (including phenoxy) is 1. The molecule has 1 saturated heterocycles. The van der Waals surface area contributed by atoms with E-state index in [2.05, 4.69) is 23.1 Å². The zero-order valence-corrected chi connectivity index (χ0v) is 11.6. The molecule has 19 heavy (non-hydrogen) atoms. The lowest BCUT2D eigenvalue weighted by molar-refractivity contribution is 0.177. The fourth-order valence-corrected chi connectivity index (χ4v) is 2.91. The number of benzene rings is 1. The average Bonchev–Trinajstić information content (AvgIpc) is 2.46. The summed E-state index contributed by atoms with van der Waals surface area (Å²) in [6.07, 6.45) is 4.24. The minimum atomic E-state index is 0.640. The maximum atomic E-state index is 8.67. The number of rotatable bonds is 5. The van der Waals surface area contributed by atoms with Gasteiger partial charge in [-0.3, -0.25) is 0 Å². The van der Waals surface area contributed by atoms with Crippen molar-refractivity contribution >= 4 is 0 Å². The van der Waals surface area contributed by atoms with Crippen LogP contribution in [0.3, 0.4) is 0 Å². The Morgan fingerprint density at radius 2 is 2.26 bits per heavy atom. The van der Waals surface area contributed by atoms with Crippen LogP contribution in [0.5, 0.6) is 5.75 Å². The molecule has 1 heterocycles. The summed E-state index contributed by atoms with van der Waals surface area (Å²) in [5.41, 5.74) is 1.30. The molecule has 1 aromatic carbocycles. The van der Waals surface area contributed by atoms with Gasteiger partial charge in [-0.05, 0) is 43.4 Å². The third-order valence-electron chi connectivity index (χ3n) is 3.84. The van der Waals surface area contributed by atoms with Crippen LogP contribution < -0.4 is 4.74 Å². The molecular weight excluding hydrogens is 236 g/mol. The standard InChI is InChI=1S/C16H22N2O/c1-19-16-8-3-2-7-15(16)12-14-6-4-10-18(13-14)11-5-9-17/h2-3,7-8,14H,4-6,10-13H2,1H3/t14-/m1/s1. The van der Waals surface area contributed by atoms with E-state index in [4.69, 9.17) is 10.00 Å². The Hall–Kier alpha value is -1.53. The highest BCUT2D eigenvalue weighted by molar-refractivity contribution is 5.33. The molecule has 1 aliphatic heterocycles. The summed E-state index contributed by atoms with van der Waals surface area (Å²) in [6, 6.07) is 10.5. The molecule has 0 radical (unpaired) electrons. The first kappa shape index (κ1) is 13.9. The average molecular weight is 258 g/mol. The van der Waals surface area contributed by atoms with Crippen LogP contribution in [0.1, 0.15) is 24.8 Å². The van der Waals surface area contributed by atoms with Crippen molar-refractivity contribution in [3.8, 4) is 11.8 Å². The van der Waals surface area contributed by atoms with E-state index in [1.54, 1.807) is 7.11 Å². The molecule has 3 heteroatoms. The topological polar surface area (TPSA) is 36.3 Å². The normalized spacial score (nSPS) is 19.9. The Kier molecular flexibility index (Phi) is 5.23. The second-order valence-electron chi connectivity index (χ2n) is 5.23. The van der Waals surface area contributed by atoms with Crippen molar-refractivity contribution in [2.75, 3.05) is 26.7 Å². The molecule has 0 spiro atoms. The number of methoxy groups -OCH3 is 1. The van der Waals surface area contributed by atoms with Gasteiger partial charge in [-0.1, -0.05) is 18.2 Å². The van der Waals surface area contributed by atoms with E-state index in [0.29, 0.717) is 12.3 Å². The van der Waals surface area contributed by atoms with Crippen LogP contribution in [0.2, 0.25) is 0 Å². The van der Waals surface area contributed by atoms with Crippen LogP contribution in [0.4, 0.5) is 0 Å². The van der Waals surface area contributed by atoms with Gasteiger partial charge in [-0.15, -0.1) is 0 Å². The predicted octanol–water partition coefficient (Wildman–Crippen LogP) is 2.86. The lowest BCUT2D eigenvalue weighted by Crippen LogP contribution is -2.36. The summed E-state index contributed by atoms with van der Waals surface area (Å²) in [5, 5.41) is 8.67. The minimum absolute atomic E-state index is 0.640. The Balaban J connectivity index is 1.93. The van der Waals surface area contributed by atoms with Gasteiger partial charge in [0.15, 0.2) is 0 Å². The van der Waals surface area contributed by atoms with Gasteiger partial charge >= 0.3 is 0 Å². The van der Waals surface area contributed by atoms with Gasteiger partial charge < -0.3 is 9.64 Å². The number of nitriles is 1. The van der Waals surface area contributed by atoms with E-state index in [9.17, 15) is 0 Å². The molecule has 1 aromatic rings. The van der Waals surface area contributed by atoms with Crippen LogP contribution in [-0.2, 0) is 6.42 Å². The molecule has 0 aromatic heterocycles. The molecule has 0 N–H and O–H groups in total. The maximum Gasteiger partial charge on any atom is 0.122 e. The zero-order chi connectivity index (χ0) is 13.5. The van der Waals surface area contributed by atoms with Crippen molar-refractivity contribution in [3.05, 3.63) is 29.8 Å². The summed E-state index contributed by atoms with van der Waals surface area (Å²) < 4.78 is 5.42. The predicted molar refractivity (Wildman–Crippen MR) is 76.1 cm³/mol. The fraction of sp³-hybridized carbons (Fsp3) is 0.562. The van der Waals surface area contributed by atoms with Gasteiger partial charge in [-0.2, -0.15) is 5.26 Å². The van der Waals surface area contributed by atoms with Gasteiger partial charge in [0.05, 0.1) is 13.2 Å². The van der Waals surface area contributed by atoms with Crippen LogP contribution in [-0.4, -0.2) is 31.6 Å². The fourth-order valence-electron chi connectivity index (χ4n) is 2.91. The lowest BCUT2D eigenvalue weighted by atomic mass is 9.91. The zero-order valence-electron chi connectivity index (χ0n) is 11.6. The van der Waals surface area contributed by atoms with Crippen molar-refractivity contribution in [2.24, 2.45) is 5.92 Å². The smallest absolute Gasteiger partial charge is 0.122 e. The van der Waals surface area contributed by atoms with E-state index in [0.717, 1.165) is 31.8 Å². The van der Waals surface area contributed by atoms with E-state index in [-0.39, 0.29) is 0 Å². The first-order valence-corrected chi connectivity index (χ1v) is 7.04. The van der Waals surface area contributed by atoms with Crippen molar-refractivity contribution in [3.63, 3.8) is 0 Å². The maximum absolute atomic E-state index is 8.67. The van der Waals surface area contributed by atoms with E-state index in [1.165, 1.54) is 18.4 Å². The highest BCUT2D eigenvalue weighted by atomic mass is 16.5. The molecule has 3 nitrogen and oxygen atoms in total. The molecule has 0 aliphatic carbocycles. The lowest BCUT2D eigenvalue weighted by Gasteiger charge is -2.32. The summed E-state index contributed by atoms with van der Waals surface area (Å²) in [6.45, 7) is 3.17. The van der Waals surface area contributed by atoms with Crippen molar-refractivity contribution in [1.29, 1.82) is 5.26 Å². The molecule has 102 valence electrons. The van der Waals surface area contributed by atoms with Crippen LogP contribution in [0.25, 0.3) is 0 Å². The number of nitrogens with zero attached hydrogens (tertiary/aromatic N) is 2. The largest absolute Gasteiger partial charge is 0.496 e. The molecule has 1 fully saturated rings. The van der Waals surface area contributed by atoms with Crippen LogP contribution in [0.15, 0.2) is 24.3 Å². The Morgan fingerprint density at radius 3 is 3.05 bits per heavy atom. The molecule has 1 atom stereocenters. The number of hydrogen-bond donors (Lipinski definition) is 0. The third kappa shape index (κ3) is 3.97. The number of para-hydroxylation sites is 1. The number of piperidine rings is 1. The SMILES string of the molecule is COc1ccccc1C[C@H]1CCCN(CCC#N)C1. The van der Waals surface area contributed by atoms with Crippen molar-refractivity contribution < 1.29 is 4.74 Å². The molecule has 0 saturated carbocycles. The summed E-state index contributed by atoms with van der Waals surface area (Å²) >= 11 is 0. The molecule has 2 rings (SSSR count). The molecule has 0 unspecified atom stereocenters.